The second-order valence-corrected chi connectivity index (χ2v) is 5.96. The van der Waals surface area contributed by atoms with E-state index in [9.17, 15) is 20.1 Å². The molecule has 2 rings (SSSR count). The number of phenolic OH excluding ortho intramolecular Hbond substituents is 2. The number of benzene rings is 1. The number of rotatable bonds is 5. The van der Waals surface area contributed by atoms with E-state index < -0.39 is 11.4 Å². The summed E-state index contributed by atoms with van der Waals surface area (Å²) in [5, 5.41) is 28.8. The van der Waals surface area contributed by atoms with Crippen molar-refractivity contribution < 1.29 is 20.1 Å². The van der Waals surface area contributed by atoms with Gasteiger partial charge in [0.2, 0.25) is 0 Å². The van der Waals surface area contributed by atoms with Gasteiger partial charge in [0.25, 0.3) is 0 Å². The zero-order valence-electron chi connectivity index (χ0n) is 12.4. The zero-order valence-corrected chi connectivity index (χ0v) is 12.4. The summed E-state index contributed by atoms with van der Waals surface area (Å²) in [5.74, 6) is -0.637. The number of phenols is 2. The summed E-state index contributed by atoms with van der Waals surface area (Å²) >= 11 is 0. The van der Waals surface area contributed by atoms with Crippen molar-refractivity contribution in [1.82, 2.24) is 4.90 Å². The number of nitrogens with zero attached hydrogens (tertiary/aromatic N) is 1. The number of carboxylic acid groups (broad SMARTS) is 1. The molecule has 3 N–H and O–H groups in total. The third-order valence-electron chi connectivity index (χ3n) is 4.30. The highest BCUT2D eigenvalue weighted by atomic mass is 16.4. The number of aliphatic carboxylic acids is 1. The first-order valence-electron chi connectivity index (χ1n) is 7.43. The highest BCUT2D eigenvalue weighted by Gasteiger charge is 2.41. The molecule has 1 aliphatic heterocycles. The number of piperidine rings is 1. The van der Waals surface area contributed by atoms with Gasteiger partial charge in [-0.2, -0.15) is 0 Å². The number of hydrogen-bond acceptors (Lipinski definition) is 4. The lowest BCUT2D eigenvalue weighted by Gasteiger charge is -2.40. The number of carbonyl (C=O) groups is 1. The van der Waals surface area contributed by atoms with E-state index in [0.29, 0.717) is 31.5 Å². The van der Waals surface area contributed by atoms with Gasteiger partial charge in [0.05, 0.1) is 5.41 Å². The van der Waals surface area contributed by atoms with Crippen molar-refractivity contribution in [1.29, 1.82) is 0 Å². The molecule has 1 heterocycles. The Hall–Kier alpha value is -1.75. The second kappa shape index (κ2) is 6.35. The minimum atomic E-state index is -0.719. The largest absolute Gasteiger partial charge is 0.508 e. The minimum Gasteiger partial charge on any atom is -0.508 e. The van der Waals surface area contributed by atoms with Crippen LogP contribution in [0.15, 0.2) is 18.2 Å². The first-order valence-corrected chi connectivity index (χ1v) is 7.43. The molecule has 0 aliphatic carbocycles. The van der Waals surface area contributed by atoms with Crippen molar-refractivity contribution in [2.45, 2.75) is 39.2 Å². The molecule has 1 unspecified atom stereocenters. The maximum Gasteiger partial charge on any atom is 0.310 e. The predicted octanol–water partition coefficient (Wildman–Crippen LogP) is 2.56. The van der Waals surface area contributed by atoms with E-state index >= 15 is 0 Å². The van der Waals surface area contributed by atoms with Crippen LogP contribution >= 0.6 is 0 Å². The van der Waals surface area contributed by atoms with Gasteiger partial charge in [-0.3, -0.25) is 9.69 Å². The van der Waals surface area contributed by atoms with Crippen molar-refractivity contribution >= 4 is 5.97 Å². The monoisotopic (exact) mass is 293 g/mol. The summed E-state index contributed by atoms with van der Waals surface area (Å²) in [6, 6.07) is 4.53. The first kappa shape index (κ1) is 15.6. The highest BCUT2D eigenvalue weighted by Crippen LogP contribution is 2.36. The van der Waals surface area contributed by atoms with Crippen LogP contribution in [0.1, 0.15) is 38.2 Å². The first-order chi connectivity index (χ1) is 9.97. The predicted molar refractivity (Wildman–Crippen MR) is 79.3 cm³/mol. The molecule has 0 aromatic heterocycles. The fraction of sp³-hybridized carbons (Fsp3) is 0.562. The quantitative estimate of drug-likeness (QED) is 0.777. The summed E-state index contributed by atoms with van der Waals surface area (Å²) in [6.45, 7) is 3.86. The molecular formula is C16H23NO4. The fourth-order valence-electron chi connectivity index (χ4n) is 3.25. The second-order valence-electron chi connectivity index (χ2n) is 5.96. The summed E-state index contributed by atoms with van der Waals surface area (Å²) in [5.41, 5.74) is 0.0463. The van der Waals surface area contributed by atoms with E-state index in [1.807, 2.05) is 6.92 Å². The van der Waals surface area contributed by atoms with Crippen LogP contribution in [0.4, 0.5) is 0 Å². The van der Waals surface area contributed by atoms with Crippen molar-refractivity contribution in [3.05, 3.63) is 23.8 Å². The van der Waals surface area contributed by atoms with Crippen LogP contribution in [0, 0.1) is 5.41 Å². The SMILES string of the molecule is CCCC1(C(=O)O)CCCN(Cc2ccc(O)cc2O)C1. The lowest BCUT2D eigenvalue weighted by molar-refractivity contribution is -0.153. The standard InChI is InChI=1S/C16H23NO4/c1-2-6-16(15(20)21)7-3-8-17(11-16)10-12-4-5-13(18)9-14(12)19/h4-5,9,18-19H,2-3,6-8,10-11H2,1H3,(H,20,21). The minimum absolute atomic E-state index is 0.0285. The topological polar surface area (TPSA) is 81.0 Å². The van der Waals surface area contributed by atoms with Gasteiger partial charge in [0, 0.05) is 24.7 Å². The van der Waals surface area contributed by atoms with E-state index in [1.54, 1.807) is 6.07 Å². The summed E-state index contributed by atoms with van der Waals surface area (Å²) in [6.07, 6.45) is 3.10. The zero-order chi connectivity index (χ0) is 15.5. The van der Waals surface area contributed by atoms with Crippen LogP contribution in [-0.2, 0) is 11.3 Å². The molecule has 0 bridgehead atoms. The van der Waals surface area contributed by atoms with E-state index in [2.05, 4.69) is 4.90 Å². The molecule has 1 fully saturated rings. The van der Waals surface area contributed by atoms with Crippen LogP contribution in [0.25, 0.3) is 0 Å². The van der Waals surface area contributed by atoms with Gasteiger partial charge in [0.1, 0.15) is 11.5 Å². The van der Waals surface area contributed by atoms with Crippen molar-refractivity contribution in [2.75, 3.05) is 13.1 Å². The van der Waals surface area contributed by atoms with Gasteiger partial charge >= 0.3 is 5.97 Å². The molecule has 1 aromatic carbocycles. The Morgan fingerprint density at radius 2 is 2.14 bits per heavy atom. The molecular weight excluding hydrogens is 270 g/mol. The number of carboxylic acids is 1. The van der Waals surface area contributed by atoms with E-state index in [0.717, 1.165) is 19.4 Å². The number of likely N-dealkylation sites (tertiary alicyclic amines) is 1. The molecule has 1 atom stereocenters. The van der Waals surface area contributed by atoms with Gasteiger partial charge in [-0.15, -0.1) is 0 Å². The Kier molecular flexibility index (Phi) is 4.73. The van der Waals surface area contributed by atoms with Crippen molar-refractivity contribution in [2.24, 2.45) is 5.41 Å². The van der Waals surface area contributed by atoms with Crippen LogP contribution < -0.4 is 0 Å². The lowest BCUT2D eigenvalue weighted by Crippen LogP contribution is -2.47. The molecule has 0 radical (unpaired) electrons. The Morgan fingerprint density at radius 3 is 2.76 bits per heavy atom. The average molecular weight is 293 g/mol. The van der Waals surface area contributed by atoms with Gasteiger partial charge in [0.15, 0.2) is 0 Å². The molecule has 0 saturated carbocycles. The third-order valence-corrected chi connectivity index (χ3v) is 4.30. The van der Waals surface area contributed by atoms with E-state index in [1.165, 1.54) is 12.1 Å². The molecule has 1 aromatic rings. The van der Waals surface area contributed by atoms with Gasteiger partial charge in [-0.25, -0.2) is 0 Å². The van der Waals surface area contributed by atoms with Crippen LogP contribution in [-0.4, -0.2) is 39.3 Å². The Bertz CT molecular complexity index is 513. The number of aromatic hydroxyl groups is 2. The maximum atomic E-state index is 11.7. The summed E-state index contributed by atoms with van der Waals surface area (Å²) < 4.78 is 0. The molecule has 21 heavy (non-hydrogen) atoms. The molecule has 0 amide bonds. The Labute approximate surface area is 124 Å². The van der Waals surface area contributed by atoms with Crippen LogP contribution in [0.5, 0.6) is 11.5 Å². The smallest absolute Gasteiger partial charge is 0.310 e. The van der Waals surface area contributed by atoms with Crippen molar-refractivity contribution in [3.63, 3.8) is 0 Å². The van der Waals surface area contributed by atoms with Crippen LogP contribution in [0.3, 0.4) is 0 Å². The van der Waals surface area contributed by atoms with E-state index in [4.69, 9.17) is 0 Å². The molecule has 1 aliphatic rings. The molecule has 0 spiro atoms. The van der Waals surface area contributed by atoms with E-state index in [-0.39, 0.29) is 11.5 Å². The van der Waals surface area contributed by atoms with Crippen LogP contribution in [0.2, 0.25) is 0 Å². The molecule has 5 heteroatoms. The summed E-state index contributed by atoms with van der Waals surface area (Å²) in [7, 11) is 0. The molecule has 116 valence electrons. The summed E-state index contributed by atoms with van der Waals surface area (Å²) in [4.78, 5) is 13.7. The fourth-order valence-corrected chi connectivity index (χ4v) is 3.25. The normalized spacial score (nSPS) is 23.1. The van der Waals surface area contributed by atoms with Gasteiger partial charge in [-0.05, 0) is 31.9 Å². The Morgan fingerprint density at radius 1 is 1.38 bits per heavy atom. The molecule has 5 nitrogen and oxygen atoms in total. The molecule has 1 saturated heterocycles. The highest BCUT2D eigenvalue weighted by molar-refractivity contribution is 5.75. The van der Waals surface area contributed by atoms with Gasteiger partial charge in [-0.1, -0.05) is 19.4 Å². The number of hydrogen-bond donors (Lipinski definition) is 3. The van der Waals surface area contributed by atoms with Crippen molar-refractivity contribution in [3.8, 4) is 11.5 Å². The Balaban J connectivity index is 2.12. The third kappa shape index (κ3) is 3.47. The average Bonchev–Trinajstić information content (AvgIpc) is 2.42. The van der Waals surface area contributed by atoms with Gasteiger partial charge < -0.3 is 15.3 Å². The maximum absolute atomic E-state index is 11.7. The lowest BCUT2D eigenvalue weighted by atomic mass is 9.76.